The topological polar surface area (TPSA) is 128 Å². The first-order valence-corrected chi connectivity index (χ1v) is 10.8. The number of para-hydroxylation sites is 1. The fraction of sp³-hybridized carbons (Fsp3) is 0.333. The average molecular weight is 453 g/mol. The van der Waals surface area contributed by atoms with Crippen molar-refractivity contribution in [3.63, 3.8) is 0 Å². The Hall–Kier alpha value is -3.88. The summed E-state index contributed by atoms with van der Waals surface area (Å²) >= 11 is 0. The molecule has 1 heterocycles. The third-order valence-corrected chi connectivity index (χ3v) is 5.47. The summed E-state index contributed by atoms with van der Waals surface area (Å²) in [5.41, 5.74) is 3.04. The van der Waals surface area contributed by atoms with E-state index in [9.17, 15) is 19.2 Å². The highest BCUT2D eigenvalue weighted by Gasteiger charge is 2.33. The fourth-order valence-electron chi connectivity index (χ4n) is 3.73. The Morgan fingerprint density at radius 2 is 1.76 bits per heavy atom. The zero-order valence-electron chi connectivity index (χ0n) is 18.5. The summed E-state index contributed by atoms with van der Waals surface area (Å²) in [5.74, 6) is -1.47. The zero-order valence-corrected chi connectivity index (χ0v) is 18.5. The molecular formula is C24H28N4O5. The van der Waals surface area contributed by atoms with E-state index in [2.05, 4.69) is 16.0 Å². The van der Waals surface area contributed by atoms with Gasteiger partial charge < -0.3 is 26.0 Å². The molecule has 2 aromatic carbocycles. The van der Waals surface area contributed by atoms with E-state index < -0.39 is 12.0 Å². The molecule has 0 bridgehead atoms. The van der Waals surface area contributed by atoms with Crippen LogP contribution in [0.15, 0.2) is 48.5 Å². The number of urea groups is 1. The van der Waals surface area contributed by atoms with Gasteiger partial charge in [0.2, 0.25) is 11.8 Å². The molecule has 0 radical (unpaired) electrons. The van der Waals surface area contributed by atoms with Gasteiger partial charge >= 0.3 is 12.0 Å². The molecule has 1 aliphatic rings. The van der Waals surface area contributed by atoms with E-state index in [4.69, 9.17) is 5.11 Å². The van der Waals surface area contributed by atoms with Crippen molar-refractivity contribution >= 4 is 35.2 Å². The van der Waals surface area contributed by atoms with Crippen molar-refractivity contribution < 1.29 is 24.3 Å². The van der Waals surface area contributed by atoms with Crippen molar-refractivity contribution in [1.29, 1.82) is 0 Å². The van der Waals surface area contributed by atoms with Crippen LogP contribution in [0.4, 0.5) is 16.2 Å². The van der Waals surface area contributed by atoms with Crippen LogP contribution >= 0.6 is 0 Å². The van der Waals surface area contributed by atoms with Crippen LogP contribution in [-0.4, -0.2) is 53.0 Å². The van der Waals surface area contributed by atoms with Crippen LogP contribution in [0.3, 0.4) is 0 Å². The number of anilines is 2. The van der Waals surface area contributed by atoms with Gasteiger partial charge in [0.05, 0.1) is 12.8 Å². The van der Waals surface area contributed by atoms with Crippen LogP contribution in [0, 0.1) is 6.92 Å². The second-order valence-corrected chi connectivity index (χ2v) is 7.95. The van der Waals surface area contributed by atoms with Crippen LogP contribution in [0.25, 0.3) is 0 Å². The zero-order chi connectivity index (χ0) is 23.8. The Labute approximate surface area is 192 Å². The Morgan fingerprint density at radius 1 is 1.03 bits per heavy atom. The molecule has 2 aromatic rings. The van der Waals surface area contributed by atoms with Gasteiger partial charge in [0, 0.05) is 24.5 Å². The number of carboxylic acid groups (broad SMARTS) is 1. The lowest BCUT2D eigenvalue weighted by atomic mass is 10.1. The van der Waals surface area contributed by atoms with Crippen LogP contribution in [0.2, 0.25) is 0 Å². The van der Waals surface area contributed by atoms with E-state index in [1.54, 1.807) is 29.2 Å². The summed E-state index contributed by atoms with van der Waals surface area (Å²) in [6.45, 7) is 2.44. The highest BCUT2D eigenvalue weighted by atomic mass is 16.4. The summed E-state index contributed by atoms with van der Waals surface area (Å²) in [7, 11) is 0. The number of carbonyl (C=O) groups excluding carboxylic acids is 3. The van der Waals surface area contributed by atoms with E-state index in [1.807, 2.05) is 31.2 Å². The molecule has 9 heteroatoms. The van der Waals surface area contributed by atoms with E-state index in [-0.39, 0.29) is 37.2 Å². The molecular weight excluding hydrogens is 424 g/mol. The minimum Gasteiger partial charge on any atom is -0.481 e. The summed E-state index contributed by atoms with van der Waals surface area (Å²) in [5, 5.41) is 16.8. The molecule has 33 heavy (non-hydrogen) atoms. The lowest BCUT2D eigenvalue weighted by Crippen LogP contribution is -2.46. The molecule has 4 amide bonds. The molecule has 1 aliphatic heterocycles. The average Bonchev–Trinajstić information content (AvgIpc) is 3.27. The largest absolute Gasteiger partial charge is 0.481 e. The third-order valence-electron chi connectivity index (χ3n) is 5.47. The van der Waals surface area contributed by atoms with E-state index in [0.717, 1.165) is 23.2 Å². The van der Waals surface area contributed by atoms with Crippen molar-refractivity contribution in [2.75, 3.05) is 23.7 Å². The SMILES string of the molecule is Cc1ccccc1NC(=O)Nc1ccc(CC(=O)N2CCCC2C(=O)NCCC(=O)O)cc1. The molecule has 1 saturated heterocycles. The maximum absolute atomic E-state index is 12.8. The van der Waals surface area contributed by atoms with Gasteiger partial charge in [-0.2, -0.15) is 0 Å². The Bertz CT molecular complexity index is 1020. The van der Waals surface area contributed by atoms with Crippen LogP contribution in [-0.2, 0) is 20.8 Å². The van der Waals surface area contributed by atoms with E-state index in [1.165, 1.54) is 0 Å². The van der Waals surface area contributed by atoms with Crippen molar-refractivity contribution in [2.45, 2.75) is 38.6 Å². The first-order chi connectivity index (χ1) is 15.8. The number of nitrogens with one attached hydrogen (secondary N) is 3. The highest BCUT2D eigenvalue weighted by molar-refractivity contribution is 6.00. The molecule has 0 spiro atoms. The quantitative estimate of drug-likeness (QED) is 0.490. The number of amides is 4. The minimum atomic E-state index is -0.986. The van der Waals surface area contributed by atoms with Gasteiger partial charge in [-0.1, -0.05) is 30.3 Å². The van der Waals surface area contributed by atoms with E-state index in [0.29, 0.717) is 18.7 Å². The first-order valence-electron chi connectivity index (χ1n) is 10.8. The van der Waals surface area contributed by atoms with Gasteiger partial charge in [-0.3, -0.25) is 14.4 Å². The van der Waals surface area contributed by atoms with E-state index >= 15 is 0 Å². The monoisotopic (exact) mass is 452 g/mol. The highest BCUT2D eigenvalue weighted by Crippen LogP contribution is 2.20. The molecule has 3 rings (SSSR count). The summed E-state index contributed by atoms with van der Waals surface area (Å²) in [6.07, 6.45) is 1.26. The van der Waals surface area contributed by atoms with Crippen molar-refractivity contribution in [1.82, 2.24) is 10.2 Å². The van der Waals surface area contributed by atoms with Gasteiger partial charge in [0.25, 0.3) is 0 Å². The number of nitrogens with zero attached hydrogens (tertiary/aromatic N) is 1. The number of aryl methyl sites for hydroxylation is 1. The molecule has 4 N–H and O–H groups in total. The normalized spacial score (nSPS) is 15.1. The molecule has 0 aromatic heterocycles. The Kier molecular flexibility index (Phi) is 8.01. The number of carbonyl (C=O) groups is 4. The minimum absolute atomic E-state index is 0.0403. The molecule has 174 valence electrons. The lowest BCUT2D eigenvalue weighted by Gasteiger charge is -2.24. The van der Waals surface area contributed by atoms with Gasteiger partial charge in [-0.25, -0.2) is 4.79 Å². The van der Waals surface area contributed by atoms with Crippen LogP contribution < -0.4 is 16.0 Å². The Morgan fingerprint density at radius 3 is 2.45 bits per heavy atom. The standard InChI is InChI=1S/C24H28N4O5/c1-16-5-2-3-6-19(16)27-24(33)26-18-10-8-17(9-11-18)15-21(29)28-14-4-7-20(28)23(32)25-13-12-22(30)31/h2-3,5-6,8-11,20H,4,7,12-15H2,1H3,(H,25,32)(H,30,31)(H2,26,27,33). The summed E-state index contributed by atoms with van der Waals surface area (Å²) in [6, 6.07) is 13.5. The fourth-order valence-corrected chi connectivity index (χ4v) is 3.73. The number of hydrogen-bond acceptors (Lipinski definition) is 4. The van der Waals surface area contributed by atoms with Crippen molar-refractivity contribution in [3.05, 3.63) is 59.7 Å². The van der Waals surface area contributed by atoms with Gasteiger partial charge in [-0.05, 0) is 49.1 Å². The molecule has 9 nitrogen and oxygen atoms in total. The van der Waals surface area contributed by atoms with Crippen LogP contribution in [0.5, 0.6) is 0 Å². The summed E-state index contributed by atoms with van der Waals surface area (Å²) in [4.78, 5) is 49.5. The second-order valence-electron chi connectivity index (χ2n) is 7.95. The van der Waals surface area contributed by atoms with Crippen molar-refractivity contribution in [3.8, 4) is 0 Å². The molecule has 0 saturated carbocycles. The number of benzene rings is 2. The number of hydrogen-bond donors (Lipinski definition) is 4. The van der Waals surface area contributed by atoms with Crippen molar-refractivity contribution in [2.24, 2.45) is 0 Å². The van der Waals surface area contributed by atoms with Gasteiger partial charge in [-0.15, -0.1) is 0 Å². The molecule has 1 fully saturated rings. The maximum Gasteiger partial charge on any atom is 0.323 e. The summed E-state index contributed by atoms with van der Waals surface area (Å²) < 4.78 is 0. The third kappa shape index (κ3) is 6.80. The maximum atomic E-state index is 12.8. The molecule has 1 atom stereocenters. The number of likely N-dealkylation sites (tertiary alicyclic amines) is 1. The Balaban J connectivity index is 1.52. The smallest absolute Gasteiger partial charge is 0.323 e. The number of carboxylic acids is 1. The predicted molar refractivity (Wildman–Crippen MR) is 124 cm³/mol. The molecule has 1 unspecified atom stereocenters. The first kappa shape index (κ1) is 23.8. The second kappa shape index (κ2) is 11.1. The predicted octanol–water partition coefficient (Wildman–Crippen LogP) is 2.76. The lowest BCUT2D eigenvalue weighted by molar-refractivity contribution is -0.139. The van der Waals surface area contributed by atoms with Crippen LogP contribution in [0.1, 0.15) is 30.4 Å². The molecule has 0 aliphatic carbocycles. The number of rotatable bonds is 8. The van der Waals surface area contributed by atoms with Gasteiger partial charge in [0.15, 0.2) is 0 Å². The number of aliphatic carboxylic acids is 1. The van der Waals surface area contributed by atoms with Gasteiger partial charge in [0.1, 0.15) is 6.04 Å².